The van der Waals surface area contributed by atoms with Gasteiger partial charge < -0.3 is 0 Å². The minimum atomic E-state index is 1.11. The molecule has 0 aromatic rings. The molecule has 0 amide bonds. The van der Waals surface area contributed by atoms with Crippen molar-refractivity contribution in [3.8, 4) is 0 Å². The maximum Gasteiger partial charge on any atom is 0.00530 e. The summed E-state index contributed by atoms with van der Waals surface area (Å²) in [6, 6.07) is 0. The molecule has 6 heavy (non-hydrogen) atoms. The van der Waals surface area contributed by atoms with Crippen LogP contribution in [0.5, 0.6) is 0 Å². The van der Waals surface area contributed by atoms with E-state index >= 15 is 0 Å². The van der Waals surface area contributed by atoms with Crippen LogP contribution in [-0.2, 0) is 0 Å². The van der Waals surface area contributed by atoms with Crippen LogP contribution >= 0.6 is 11.8 Å². The largest absolute Gasteiger partial charge is 0.158 e. The van der Waals surface area contributed by atoms with Gasteiger partial charge in [0.15, 0.2) is 0 Å². The van der Waals surface area contributed by atoms with Gasteiger partial charge in [-0.3, -0.25) is 0 Å². The molecule has 2 bridgehead atoms. The van der Waals surface area contributed by atoms with Crippen LogP contribution in [-0.4, -0.2) is 11.0 Å². The van der Waals surface area contributed by atoms with Crippen molar-refractivity contribution in [3.63, 3.8) is 0 Å². The molecular weight excluding hydrogens is 92.1 g/mol. The number of fused-ring (bicyclic) bond motifs is 1. The minimum Gasteiger partial charge on any atom is -0.158 e. The van der Waals surface area contributed by atoms with Gasteiger partial charge >= 0.3 is 0 Å². The van der Waals surface area contributed by atoms with E-state index in [-0.39, 0.29) is 0 Å². The first kappa shape index (κ1) is 3.36. The van der Waals surface area contributed by atoms with E-state index in [1.165, 1.54) is 5.75 Å². The summed E-state index contributed by atoms with van der Waals surface area (Å²) in [5, 5.41) is 1.11. The molecule has 3 aliphatic rings. The van der Waals surface area contributed by atoms with Crippen molar-refractivity contribution in [2.75, 3.05) is 5.75 Å². The molecule has 2 heterocycles. The molecule has 3 fully saturated rings. The van der Waals surface area contributed by atoms with Gasteiger partial charge in [-0.15, -0.1) is 0 Å². The van der Waals surface area contributed by atoms with Gasteiger partial charge in [0.05, 0.1) is 0 Å². The Kier molecular flexibility index (Phi) is 0.530. The van der Waals surface area contributed by atoms with E-state index in [1.807, 2.05) is 0 Å². The zero-order valence-corrected chi connectivity index (χ0v) is 4.50. The third-order valence-corrected chi connectivity index (χ3v) is 3.28. The lowest BCUT2D eigenvalue weighted by Gasteiger charge is -2.19. The first-order valence-electron chi connectivity index (χ1n) is 2.57. The topological polar surface area (TPSA) is 0 Å². The highest BCUT2D eigenvalue weighted by molar-refractivity contribution is 8.00. The van der Waals surface area contributed by atoms with Gasteiger partial charge in [0.1, 0.15) is 0 Å². The standard InChI is InChI=1S/C5H8S/c1-4-2-5(1)6-3-4/h4-5H,1-3H2. The number of hydrogen-bond donors (Lipinski definition) is 0. The van der Waals surface area contributed by atoms with Crippen LogP contribution < -0.4 is 0 Å². The van der Waals surface area contributed by atoms with Crippen LogP contribution in [0, 0.1) is 5.92 Å². The summed E-state index contributed by atoms with van der Waals surface area (Å²) < 4.78 is 0. The van der Waals surface area contributed by atoms with Crippen LogP contribution in [0.4, 0.5) is 0 Å². The maximum atomic E-state index is 2.17. The summed E-state index contributed by atoms with van der Waals surface area (Å²) in [4.78, 5) is 0. The van der Waals surface area contributed by atoms with Crippen LogP contribution in [0.2, 0.25) is 0 Å². The molecule has 1 saturated carbocycles. The van der Waals surface area contributed by atoms with E-state index in [4.69, 9.17) is 0 Å². The Labute approximate surface area is 42.3 Å². The van der Waals surface area contributed by atoms with E-state index in [1.54, 1.807) is 12.8 Å². The molecule has 3 rings (SSSR count). The summed E-state index contributed by atoms with van der Waals surface area (Å²) in [6.07, 6.45) is 3.09. The molecule has 0 unspecified atom stereocenters. The van der Waals surface area contributed by atoms with Crippen molar-refractivity contribution in [3.05, 3.63) is 0 Å². The fraction of sp³-hybridized carbons (Fsp3) is 1.00. The second kappa shape index (κ2) is 0.945. The summed E-state index contributed by atoms with van der Waals surface area (Å²) in [5.74, 6) is 2.63. The van der Waals surface area contributed by atoms with Crippen molar-refractivity contribution in [1.82, 2.24) is 0 Å². The van der Waals surface area contributed by atoms with Crippen LogP contribution in [0.1, 0.15) is 12.8 Å². The molecule has 1 aliphatic carbocycles. The summed E-state index contributed by atoms with van der Waals surface area (Å²) in [7, 11) is 0. The molecule has 0 atom stereocenters. The van der Waals surface area contributed by atoms with Gasteiger partial charge in [-0.2, -0.15) is 11.8 Å². The fourth-order valence-corrected chi connectivity index (χ4v) is 2.85. The molecule has 2 saturated heterocycles. The Bertz CT molecular complexity index is 50.8. The molecular formula is C5H8S. The SMILES string of the molecule is C1SC2CC1C2. The molecule has 0 N–H and O–H groups in total. The van der Waals surface area contributed by atoms with Crippen molar-refractivity contribution < 1.29 is 0 Å². The van der Waals surface area contributed by atoms with Crippen LogP contribution in [0.3, 0.4) is 0 Å². The van der Waals surface area contributed by atoms with E-state index in [2.05, 4.69) is 11.8 Å². The molecule has 0 aromatic carbocycles. The number of rotatable bonds is 0. The zero-order valence-electron chi connectivity index (χ0n) is 3.68. The zero-order chi connectivity index (χ0) is 3.98. The molecule has 0 radical (unpaired) electrons. The van der Waals surface area contributed by atoms with Gasteiger partial charge in [0.25, 0.3) is 0 Å². The van der Waals surface area contributed by atoms with Gasteiger partial charge in [-0.1, -0.05) is 0 Å². The molecule has 34 valence electrons. The molecule has 2 aliphatic heterocycles. The Morgan fingerprint density at radius 1 is 1.33 bits per heavy atom. The first-order chi connectivity index (χ1) is 2.95. The van der Waals surface area contributed by atoms with E-state index in [9.17, 15) is 0 Å². The highest BCUT2D eigenvalue weighted by Gasteiger charge is 2.36. The second-order valence-electron chi connectivity index (χ2n) is 2.29. The lowest BCUT2D eigenvalue weighted by Crippen LogP contribution is -2.15. The molecule has 0 aromatic heterocycles. The van der Waals surface area contributed by atoms with Crippen LogP contribution in [0.15, 0.2) is 0 Å². The highest BCUT2D eigenvalue weighted by atomic mass is 32.2. The predicted molar refractivity (Wildman–Crippen MR) is 29.0 cm³/mol. The lowest BCUT2D eigenvalue weighted by atomic mass is 9.87. The average molecular weight is 100 g/mol. The normalized spacial score (nSPS) is 52.0. The Morgan fingerprint density at radius 2 is 2.17 bits per heavy atom. The van der Waals surface area contributed by atoms with Crippen molar-refractivity contribution in [2.45, 2.75) is 18.1 Å². The van der Waals surface area contributed by atoms with Crippen molar-refractivity contribution >= 4 is 11.8 Å². The van der Waals surface area contributed by atoms with E-state index in [0.29, 0.717) is 0 Å². The molecule has 0 spiro atoms. The number of thioether (sulfide) groups is 1. The third-order valence-electron chi connectivity index (χ3n) is 1.76. The fourth-order valence-electron chi connectivity index (χ4n) is 1.22. The highest BCUT2D eigenvalue weighted by Crippen LogP contribution is 2.47. The predicted octanol–water partition coefficient (Wildman–Crippen LogP) is 1.51. The van der Waals surface area contributed by atoms with Crippen LogP contribution in [0.25, 0.3) is 0 Å². The van der Waals surface area contributed by atoms with Crippen molar-refractivity contribution in [2.24, 2.45) is 5.92 Å². The monoisotopic (exact) mass is 100 g/mol. The maximum absolute atomic E-state index is 2.17. The smallest absolute Gasteiger partial charge is 0.00530 e. The van der Waals surface area contributed by atoms with Crippen molar-refractivity contribution in [1.29, 1.82) is 0 Å². The Morgan fingerprint density at radius 3 is 2.33 bits per heavy atom. The van der Waals surface area contributed by atoms with Gasteiger partial charge in [0, 0.05) is 5.25 Å². The summed E-state index contributed by atoms with van der Waals surface area (Å²) in [6.45, 7) is 0. The first-order valence-corrected chi connectivity index (χ1v) is 3.61. The Hall–Kier alpha value is 0.350. The lowest BCUT2D eigenvalue weighted by molar-refractivity contribution is 0.398. The Balaban J connectivity index is 2.16. The van der Waals surface area contributed by atoms with Gasteiger partial charge in [-0.25, -0.2) is 0 Å². The molecule has 1 heteroatoms. The third kappa shape index (κ3) is 0.274. The summed E-state index contributed by atoms with van der Waals surface area (Å²) >= 11 is 2.17. The summed E-state index contributed by atoms with van der Waals surface area (Å²) in [5.41, 5.74) is 0. The van der Waals surface area contributed by atoms with Gasteiger partial charge in [0.2, 0.25) is 0 Å². The minimum absolute atomic E-state index is 1.11. The average Bonchev–Trinajstić information content (AvgIpc) is 1.72. The number of hydrogen-bond acceptors (Lipinski definition) is 1. The quantitative estimate of drug-likeness (QED) is 0.444. The molecule has 0 nitrogen and oxygen atoms in total. The van der Waals surface area contributed by atoms with E-state index < -0.39 is 0 Å². The van der Waals surface area contributed by atoms with Gasteiger partial charge in [-0.05, 0) is 24.5 Å². The second-order valence-corrected chi connectivity index (χ2v) is 3.63. The van der Waals surface area contributed by atoms with E-state index in [0.717, 1.165) is 11.2 Å².